The first-order valence-corrected chi connectivity index (χ1v) is 15.9. The van der Waals surface area contributed by atoms with Crippen LogP contribution in [0.3, 0.4) is 0 Å². The normalized spacial score (nSPS) is 21.1. The molecule has 0 saturated carbocycles. The molecule has 0 bridgehead atoms. The molecule has 40 heavy (non-hydrogen) atoms. The highest BCUT2D eigenvalue weighted by Crippen LogP contribution is 2.48. The van der Waals surface area contributed by atoms with Gasteiger partial charge in [-0.2, -0.15) is 0 Å². The summed E-state index contributed by atoms with van der Waals surface area (Å²) in [6.07, 6.45) is 4.57. The van der Waals surface area contributed by atoms with Crippen LogP contribution in [0.25, 0.3) is 0 Å². The molecule has 3 aliphatic heterocycles. The zero-order valence-electron chi connectivity index (χ0n) is 23.6. The first-order chi connectivity index (χ1) is 18.9. The monoisotopic (exact) mass is 568 g/mol. The second-order valence-electron chi connectivity index (χ2n) is 12.2. The molecule has 10 heteroatoms. The summed E-state index contributed by atoms with van der Waals surface area (Å²) in [5.41, 5.74) is 7.50. The number of hydrogen-bond donors (Lipinski definition) is 2. The van der Waals surface area contributed by atoms with Crippen LogP contribution in [0.1, 0.15) is 50.7 Å². The fourth-order valence-corrected chi connectivity index (χ4v) is 7.34. The Morgan fingerprint density at radius 1 is 1.12 bits per heavy atom. The maximum absolute atomic E-state index is 14.0. The van der Waals surface area contributed by atoms with Crippen molar-refractivity contribution in [3.05, 3.63) is 59.7 Å². The van der Waals surface area contributed by atoms with E-state index in [1.165, 1.54) is 10.6 Å². The Bertz CT molecular complexity index is 1380. The molecule has 3 heterocycles. The summed E-state index contributed by atoms with van der Waals surface area (Å²) in [5.74, 6) is 0.552. The number of carbonyl (C=O) groups is 2. The van der Waals surface area contributed by atoms with Gasteiger partial charge in [0, 0.05) is 25.0 Å². The largest absolute Gasteiger partial charge is 0.493 e. The summed E-state index contributed by atoms with van der Waals surface area (Å²) < 4.78 is 32.6. The van der Waals surface area contributed by atoms with Gasteiger partial charge in [-0.25, -0.2) is 8.42 Å². The molecule has 0 aromatic heterocycles. The average Bonchev–Trinajstić information content (AvgIpc) is 3.08. The molecular weight excluding hydrogens is 528 g/mol. The van der Waals surface area contributed by atoms with Gasteiger partial charge in [0.25, 0.3) is 0 Å². The van der Waals surface area contributed by atoms with E-state index in [-0.39, 0.29) is 23.1 Å². The van der Waals surface area contributed by atoms with Crippen LogP contribution in [-0.4, -0.2) is 69.2 Å². The van der Waals surface area contributed by atoms with E-state index in [1.807, 2.05) is 47.4 Å². The van der Waals surface area contributed by atoms with Crippen molar-refractivity contribution in [1.82, 2.24) is 10.2 Å². The Morgan fingerprint density at radius 3 is 2.50 bits per heavy atom. The van der Waals surface area contributed by atoms with E-state index in [4.69, 9.17) is 10.5 Å². The number of para-hydroxylation sites is 2. The lowest BCUT2D eigenvalue weighted by atomic mass is 9.74. The van der Waals surface area contributed by atoms with Gasteiger partial charge in [0.1, 0.15) is 11.8 Å². The summed E-state index contributed by atoms with van der Waals surface area (Å²) in [4.78, 5) is 28.7. The highest BCUT2D eigenvalue weighted by atomic mass is 32.2. The lowest BCUT2D eigenvalue weighted by Crippen LogP contribution is -2.58. The van der Waals surface area contributed by atoms with Crippen LogP contribution in [0.4, 0.5) is 5.69 Å². The van der Waals surface area contributed by atoms with Crippen LogP contribution >= 0.6 is 0 Å². The lowest BCUT2D eigenvalue weighted by Gasteiger charge is -2.41. The van der Waals surface area contributed by atoms with Crippen molar-refractivity contribution in [2.45, 2.75) is 62.9 Å². The lowest BCUT2D eigenvalue weighted by molar-refractivity contribution is -0.139. The van der Waals surface area contributed by atoms with E-state index in [2.05, 4.69) is 11.4 Å². The molecule has 3 N–H and O–H groups in total. The van der Waals surface area contributed by atoms with Crippen molar-refractivity contribution < 1.29 is 22.7 Å². The molecule has 2 aromatic carbocycles. The van der Waals surface area contributed by atoms with Gasteiger partial charge in [-0.05, 0) is 75.1 Å². The SMILES string of the molecule is CC(C)(N)C(=O)N[C@H](C[C@H]1CCOc2ccccc2C1)C(=O)N1CCC2(CC1)CN(S(C)(=O)=O)c1ccccc12. The molecule has 2 aromatic rings. The second kappa shape index (κ2) is 10.7. The van der Waals surface area contributed by atoms with Crippen LogP contribution in [0, 0.1) is 5.92 Å². The number of nitrogens with one attached hydrogen (secondary N) is 1. The molecule has 0 aliphatic carbocycles. The minimum absolute atomic E-state index is 0.114. The third-order valence-electron chi connectivity index (χ3n) is 8.65. The van der Waals surface area contributed by atoms with Crippen molar-refractivity contribution in [1.29, 1.82) is 0 Å². The van der Waals surface area contributed by atoms with Crippen molar-refractivity contribution in [2.75, 3.05) is 36.8 Å². The number of rotatable bonds is 6. The van der Waals surface area contributed by atoms with Crippen LogP contribution in [0.5, 0.6) is 5.75 Å². The predicted octanol–water partition coefficient (Wildman–Crippen LogP) is 2.58. The van der Waals surface area contributed by atoms with Gasteiger partial charge in [0.2, 0.25) is 21.8 Å². The number of ether oxygens (including phenoxy) is 1. The predicted molar refractivity (Wildman–Crippen MR) is 155 cm³/mol. The minimum atomic E-state index is -3.42. The Balaban J connectivity index is 1.33. The number of carbonyl (C=O) groups excluding carboxylic acids is 2. The first-order valence-electron chi connectivity index (χ1n) is 14.0. The highest BCUT2D eigenvalue weighted by molar-refractivity contribution is 7.92. The first kappa shape index (κ1) is 28.4. The Morgan fingerprint density at radius 2 is 1.80 bits per heavy atom. The van der Waals surface area contributed by atoms with Gasteiger partial charge < -0.3 is 20.7 Å². The highest BCUT2D eigenvalue weighted by Gasteiger charge is 2.48. The number of nitrogens with zero attached hydrogens (tertiary/aromatic N) is 2. The number of fused-ring (bicyclic) bond motifs is 3. The maximum Gasteiger partial charge on any atom is 0.245 e. The summed E-state index contributed by atoms with van der Waals surface area (Å²) in [5, 5.41) is 2.97. The van der Waals surface area contributed by atoms with Gasteiger partial charge in [-0.1, -0.05) is 36.4 Å². The quantitative estimate of drug-likeness (QED) is 0.553. The van der Waals surface area contributed by atoms with Crippen molar-refractivity contribution >= 4 is 27.5 Å². The minimum Gasteiger partial charge on any atom is -0.493 e. The number of amides is 2. The molecule has 9 nitrogen and oxygen atoms in total. The van der Waals surface area contributed by atoms with Gasteiger partial charge in [0.05, 0.1) is 24.1 Å². The number of likely N-dealkylation sites (tertiary alicyclic amines) is 1. The molecule has 0 radical (unpaired) electrons. The van der Waals surface area contributed by atoms with E-state index in [0.29, 0.717) is 45.5 Å². The van der Waals surface area contributed by atoms with Crippen LogP contribution in [0.2, 0.25) is 0 Å². The van der Waals surface area contributed by atoms with E-state index in [9.17, 15) is 18.0 Å². The van der Waals surface area contributed by atoms with E-state index < -0.39 is 21.6 Å². The topological polar surface area (TPSA) is 122 Å². The van der Waals surface area contributed by atoms with E-state index in [1.54, 1.807) is 13.8 Å². The van der Waals surface area contributed by atoms with Gasteiger partial charge >= 0.3 is 0 Å². The van der Waals surface area contributed by atoms with E-state index >= 15 is 0 Å². The molecule has 1 saturated heterocycles. The second-order valence-corrected chi connectivity index (χ2v) is 14.1. The summed E-state index contributed by atoms with van der Waals surface area (Å²) in [7, 11) is -3.42. The summed E-state index contributed by atoms with van der Waals surface area (Å²) >= 11 is 0. The van der Waals surface area contributed by atoms with Gasteiger partial charge in [-0.15, -0.1) is 0 Å². The molecule has 1 fully saturated rings. The maximum atomic E-state index is 14.0. The van der Waals surface area contributed by atoms with Crippen molar-refractivity contribution in [2.24, 2.45) is 11.7 Å². The zero-order chi connectivity index (χ0) is 28.7. The fourth-order valence-electron chi connectivity index (χ4n) is 6.35. The van der Waals surface area contributed by atoms with Gasteiger partial charge in [0.15, 0.2) is 0 Å². The molecule has 5 rings (SSSR count). The van der Waals surface area contributed by atoms with E-state index in [0.717, 1.165) is 35.4 Å². The third kappa shape index (κ3) is 5.69. The van der Waals surface area contributed by atoms with Crippen LogP contribution in [-0.2, 0) is 31.4 Å². The smallest absolute Gasteiger partial charge is 0.245 e. The molecule has 2 atom stereocenters. The number of nitrogens with two attached hydrogens (primary N) is 1. The third-order valence-corrected chi connectivity index (χ3v) is 9.77. The summed E-state index contributed by atoms with van der Waals surface area (Å²) in [6, 6.07) is 14.9. The number of sulfonamides is 1. The molecule has 0 unspecified atom stereocenters. The Hall–Kier alpha value is -3.11. The molecule has 1 spiro atoms. The Labute approximate surface area is 237 Å². The summed E-state index contributed by atoms with van der Waals surface area (Å²) in [6.45, 7) is 5.18. The standard InChI is InChI=1S/C30H40N4O5S/c1-29(2,31)28(36)32-24(19-21-12-17-39-26-11-7-4-8-22(26)18-21)27(35)33-15-13-30(14-16-33)20-34(40(3,37)38)25-10-6-5-9-23(25)30/h4-11,21,24H,12-20,31H2,1-3H3,(H,32,36)/t21-,24+/m0/s1. The molecule has 216 valence electrons. The Kier molecular flexibility index (Phi) is 7.60. The van der Waals surface area contributed by atoms with Gasteiger partial charge in [-0.3, -0.25) is 13.9 Å². The fraction of sp³-hybridized carbons (Fsp3) is 0.533. The average molecular weight is 569 g/mol. The number of benzene rings is 2. The van der Waals surface area contributed by atoms with Crippen molar-refractivity contribution in [3.63, 3.8) is 0 Å². The van der Waals surface area contributed by atoms with Crippen LogP contribution in [0.15, 0.2) is 48.5 Å². The molecule has 2 amide bonds. The molecule has 3 aliphatic rings. The number of anilines is 1. The van der Waals surface area contributed by atoms with Crippen molar-refractivity contribution in [3.8, 4) is 5.75 Å². The van der Waals surface area contributed by atoms with Crippen LogP contribution < -0.4 is 20.1 Å². The molecular formula is C30H40N4O5S. The zero-order valence-corrected chi connectivity index (χ0v) is 24.4. The number of hydrogen-bond acceptors (Lipinski definition) is 6. The number of piperidine rings is 1.